The summed E-state index contributed by atoms with van der Waals surface area (Å²) >= 11 is 0. The van der Waals surface area contributed by atoms with E-state index in [-0.39, 0.29) is 0 Å². The van der Waals surface area contributed by atoms with Crippen molar-refractivity contribution in [1.29, 1.82) is 0 Å². The molecule has 0 heterocycles. The molecule has 11 heavy (non-hydrogen) atoms. The molecular formula is C7H16B2O2. The van der Waals surface area contributed by atoms with Crippen LogP contribution in [0.2, 0.25) is 11.1 Å². The molecule has 2 nitrogen and oxygen atoms in total. The van der Waals surface area contributed by atoms with Gasteiger partial charge in [0.25, 0.3) is 5.97 Å². The molecule has 0 aromatic rings. The average molecular weight is 154 g/mol. The largest absolute Gasteiger partial charge is 0.481 e. The molecule has 0 aromatic heterocycles. The van der Waals surface area contributed by atoms with E-state index in [4.69, 9.17) is 5.11 Å². The van der Waals surface area contributed by atoms with Gasteiger partial charge < -0.3 is 5.11 Å². The molecule has 0 aliphatic carbocycles. The molecule has 0 bridgehead atoms. The highest BCUT2D eigenvalue weighted by Crippen LogP contribution is 2.22. The molecule has 62 valence electrons. The fraction of sp³-hybridized carbons (Fsp3) is 0.857. The Morgan fingerprint density at radius 1 is 1.45 bits per heavy atom. The molecule has 0 aromatic carbocycles. The molecule has 0 fully saturated rings. The molecule has 1 N–H and O–H groups in total. The third-order valence-electron chi connectivity index (χ3n) is 1.93. The zero-order chi connectivity index (χ0) is 9.07. The average Bonchev–Trinajstić information content (AvgIpc) is 1.84. The standard InChI is InChI=1S/C7H16B2O2/c1-5(2)8-9-7(3,4)6(10)11/h5,8-9H,1-4H3,(H,10,11). The van der Waals surface area contributed by atoms with Crippen LogP contribution in [0.15, 0.2) is 0 Å². The number of carboxylic acid groups (broad SMARTS) is 1. The van der Waals surface area contributed by atoms with Gasteiger partial charge in [-0.25, -0.2) is 0 Å². The summed E-state index contributed by atoms with van der Waals surface area (Å²) in [6.07, 6.45) is 0. The van der Waals surface area contributed by atoms with Crippen LogP contribution < -0.4 is 0 Å². The Labute approximate surface area is 69.8 Å². The first-order valence-electron chi connectivity index (χ1n) is 4.09. The van der Waals surface area contributed by atoms with Crippen LogP contribution in [-0.4, -0.2) is 25.4 Å². The SMILES string of the molecule is CC(C)BBC(C)(C)C(=O)O. The number of rotatable bonds is 4. The van der Waals surface area contributed by atoms with Crippen LogP contribution in [0.5, 0.6) is 0 Å². The summed E-state index contributed by atoms with van der Waals surface area (Å²) in [6.45, 7) is 7.77. The Kier molecular flexibility index (Phi) is 3.70. The van der Waals surface area contributed by atoms with E-state index in [0.29, 0.717) is 5.82 Å². The first-order chi connectivity index (χ1) is 4.86. The maximum atomic E-state index is 10.6. The normalized spacial score (nSPS) is 11.4. The minimum Gasteiger partial charge on any atom is -0.481 e. The van der Waals surface area contributed by atoms with E-state index < -0.39 is 11.3 Å². The van der Waals surface area contributed by atoms with Crippen molar-refractivity contribution in [1.82, 2.24) is 0 Å². The third-order valence-corrected chi connectivity index (χ3v) is 1.93. The van der Waals surface area contributed by atoms with Crippen molar-refractivity contribution < 1.29 is 9.90 Å². The van der Waals surface area contributed by atoms with Crippen molar-refractivity contribution in [3.05, 3.63) is 0 Å². The van der Waals surface area contributed by atoms with Gasteiger partial charge >= 0.3 is 0 Å². The van der Waals surface area contributed by atoms with Crippen LogP contribution in [0.1, 0.15) is 27.7 Å². The Hall–Kier alpha value is -0.400. The van der Waals surface area contributed by atoms with E-state index in [0.717, 1.165) is 14.3 Å². The second-order valence-electron chi connectivity index (χ2n) is 4.12. The van der Waals surface area contributed by atoms with Gasteiger partial charge in [0.1, 0.15) is 7.17 Å². The van der Waals surface area contributed by atoms with Gasteiger partial charge in [-0.15, -0.1) is 0 Å². The Balaban J connectivity index is 3.83. The van der Waals surface area contributed by atoms with Crippen LogP contribution in [0, 0.1) is 0 Å². The fourth-order valence-electron chi connectivity index (χ4n) is 0.756. The van der Waals surface area contributed by atoms with Crippen LogP contribution in [-0.2, 0) is 4.79 Å². The Morgan fingerprint density at radius 3 is 2.18 bits per heavy atom. The molecule has 4 heteroatoms. The van der Waals surface area contributed by atoms with Gasteiger partial charge in [-0.3, -0.25) is 4.79 Å². The molecule has 0 radical (unpaired) electrons. The molecule has 0 aliphatic rings. The topological polar surface area (TPSA) is 37.3 Å². The zero-order valence-electron chi connectivity index (χ0n) is 7.85. The monoisotopic (exact) mass is 154 g/mol. The number of carboxylic acids is 1. The lowest BCUT2D eigenvalue weighted by atomic mass is 9.26. The predicted molar refractivity (Wildman–Crippen MR) is 51.1 cm³/mol. The van der Waals surface area contributed by atoms with E-state index in [1.807, 2.05) is 0 Å². The molecule has 0 amide bonds. The molecule has 0 spiro atoms. The lowest BCUT2D eigenvalue weighted by Crippen LogP contribution is -2.28. The summed E-state index contributed by atoms with van der Waals surface area (Å²) in [5, 5.41) is 8.20. The van der Waals surface area contributed by atoms with Crippen LogP contribution in [0.4, 0.5) is 0 Å². The first kappa shape index (κ1) is 10.6. The van der Waals surface area contributed by atoms with Gasteiger partial charge in [-0.1, -0.05) is 33.5 Å². The van der Waals surface area contributed by atoms with E-state index in [9.17, 15) is 4.79 Å². The number of hydrogen-bond donors (Lipinski definition) is 1. The van der Waals surface area contributed by atoms with Gasteiger partial charge in [-0.2, -0.15) is 0 Å². The summed E-state index contributed by atoms with van der Waals surface area (Å²) in [5.41, 5.74) is 0. The maximum Gasteiger partial charge on any atom is 0.300 e. The predicted octanol–water partition coefficient (Wildman–Crippen LogP) is 0.886. The van der Waals surface area contributed by atoms with Crippen LogP contribution in [0.25, 0.3) is 0 Å². The molecule has 0 rings (SSSR count). The van der Waals surface area contributed by atoms with Crippen molar-refractivity contribution in [2.75, 3.05) is 0 Å². The fourth-order valence-corrected chi connectivity index (χ4v) is 0.756. The minimum absolute atomic E-state index is 0.551. The van der Waals surface area contributed by atoms with E-state index >= 15 is 0 Å². The van der Waals surface area contributed by atoms with E-state index in [2.05, 4.69) is 13.8 Å². The van der Waals surface area contributed by atoms with Gasteiger partial charge in [0.05, 0.1) is 7.17 Å². The molecule has 0 unspecified atom stereocenters. The summed E-state index contributed by atoms with van der Waals surface area (Å²) in [4.78, 5) is 10.6. The zero-order valence-corrected chi connectivity index (χ0v) is 7.85. The van der Waals surface area contributed by atoms with Crippen LogP contribution in [0.3, 0.4) is 0 Å². The third kappa shape index (κ3) is 4.12. The Morgan fingerprint density at radius 2 is 1.91 bits per heavy atom. The van der Waals surface area contributed by atoms with E-state index in [1.165, 1.54) is 0 Å². The summed E-state index contributed by atoms with van der Waals surface area (Å²) < 4.78 is 0. The quantitative estimate of drug-likeness (QED) is 0.610. The second kappa shape index (κ2) is 3.84. The summed E-state index contributed by atoms with van der Waals surface area (Å²) in [5.74, 6) is -0.105. The van der Waals surface area contributed by atoms with Gasteiger partial charge in [0.15, 0.2) is 0 Å². The Bertz CT molecular complexity index is 143. The molecular weight excluding hydrogens is 138 g/mol. The van der Waals surface area contributed by atoms with Gasteiger partial charge in [-0.05, 0) is 0 Å². The highest BCUT2D eigenvalue weighted by molar-refractivity contribution is 7.03. The smallest absolute Gasteiger partial charge is 0.300 e. The van der Waals surface area contributed by atoms with Crippen molar-refractivity contribution in [2.24, 2.45) is 0 Å². The number of aliphatic carboxylic acids is 1. The van der Waals surface area contributed by atoms with Crippen LogP contribution >= 0.6 is 0 Å². The summed E-state index contributed by atoms with van der Waals surface area (Å²) in [7, 11) is 1.75. The van der Waals surface area contributed by atoms with E-state index in [1.54, 1.807) is 13.8 Å². The van der Waals surface area contributed by atoms with Crippen molar-refractivity contribution in [2.45, 2.75) is 38.8 Å². The summed E-state index contributed by atoms with van der Waals surface area (Å²) in [6, 6.07) is 0. The maximum absolute atomic E-state index is 10.6. The number of carbonyl (C=O) groups is 1. The van der Waals surface area contributed by atoms with Crippen molar-refractivity contribution in [3.8, 4) is 0 Å². The minimum atomic E-state index is -0.696. The second-order valence-corrected chi connectivity index (χ2v) is 4.12. The molecule has 0 atom stereocenters. The highest BCUT2D eigenvalue weighted by atomic mass is 16.4. The van der Waals surface area contributed by atoms with Gasteiger partial charge in [0, 0.05) is 5.31 Å². The molecule has 0 saturated carbocycles. The lowest BCUT2D eigenvalue weighted by molar-refractivity contribution is -0.139. The number of hydrogen-bond acceptors (Lipinski definition) is 1. The highest BCUT2D eigenvalue weighted by Gasteiger charge is 2.27. The van der Waals surface area contributed by atoms with Crippen molar-refractivity contribution in [3.63, 3.8) is 0 Å². The van der Waals surface area contributed by atoms with Crippen molar-refractivity contribution >= 4 is 20.3 Å². The van der Waals surface area contributed by atoms with Gasteiger partial charge in [0.2, 0.25) is 0 Å². The first-order valence-corrected chi connectivity index (χ1v) is 4.09. The molecule has 0 saturated heterocycles. The lowest BCUT2D eigenvalue weighted by Gasteiger charge is -2.17. The molecule has 0 aliphatic heterocycles.